The summed E-state index contributed by atoms with van der Waals surface area (Å²) in [5.41, 5.74) is 0.632. The van der Waals surface area contributed by atoms with E-state index in [-0.39, 0.29) is 5.78 Å². The van der Waals surface area contributed by atoms with Crippen molar-refractivity contribution in [2.24, 2.45) is 5.92 Å². The molecule has 2 heteroatoms. The Morgan fingerprint density at radius 1 is 1.57 bits per heavy atom. The fourth-order valence-electron chi connectivity index (χ4n) is 1.91. The maximum absolute atomic E-state index is 11.3. The lowest BCUT2D eigenvalue weighted by Crippen LogP contribution is -2.16. The van der Waals surface area contributed by atoms with Crippen LogP contribution in [0.4, 0.5) is 0 Å². The first-order valence-corrected chi connectivity index (χ1v) is 5.30. The summed E-state index contributed by atoms with van der Waals surface area (Å²) in [4.78, 5) is 22.4. The lowest BCUT2D eigenvalue weighted by molar-refractivity contribution is -0.122. The number of rotatable bonds is 4. The standard InChI is InChI=1S/C12H18O2/c1-9(2)12(14)7-6-10-4-3-5-11(13)8-10/h10H,1,3-8H2,2H3. The molecule has 0 N–H and O–H groups in total. The van der Waals surface area contributed by atoms with Crippen LogP contribution in [0.2, 0.25) is 0 Å². The number of Topliss-reactive ketones (excluding diaryl/α,β-unsaturated/α-hetero) is 2. The summed E-state index contributed by atoms with van der Waals surface area (Å²) in [6.45, 7) is 5.36. The van der Waals surface area contributed by atoms with E-state index in [0.29, 0.717) is 30.1 Å². The number of ketones is 2. The van der Waals surface area contributed by atoms with Crippen LogP contribution >= 0.6 is 0 Å². The maximum atomic E-state index is 11.3. The fourth-order valence-corrected chi connectivity index (χ4v) is 1.91. The van der Waals surface area contributed by atoms with E-state index >= 15 is 0 Å². The number of hydrogen-bond donors (Lipinski definition) is 0. The molecular weight excluding hydrogens is 176 g/mol. The first-order chi connectivity index (χ1) is 6.59. The predicted molar refractivity (Wildman–Crippen MR) is 56.0 cm³/mol. The van der Waals surface area contributed by atoms with E-state index in [1.54, 1.807) is 6.92 Å². The van der Waals surface area contributed by atoms with Crippen molar-refractivity contribution in [2.75, 3.05) is 0 Å². The molecule has 14 heavy (non-hydrogen) atoms. The van der Waals surface area contributed by atoms with Crippen LogP contribution in [0.25, 0.3) is 0 Å². The molecule has 1 atom stereocenters. The zero-order valence-electron chi connectivity index (χ0n) is 8.84. The third kappa shape index (κ3) is 3.44. The van der Waals surface area contributed by atoms with Gasteiger partial charge in [0, 0.05) is 19.3 Å². The largest absolute Gasteiger partial charge is 0.300 e. The molecule has 1 aliphatic rings. The SMILES string of the molecule is C=C(C)C(=O)CCC1CCCC(=O)C1. The summed E-state index contributed by atoms with van der Waals surface area (Å²) in [6.07, 6.45) is 4.96. The highest BCUT2D eigenvalue weighted by Crippen LogP contribution is 2.25. The Labute approximate surface area is 85.4 Å². The third-order valence-corrected chi connectivity index (χ3v) is 2.84. The average molecular weight is 194 g/mol. The molecule has 0 spiro atoms. The molecule has 1 fully saturated rings. The molecule has 0 saturated heterocycles. The van der Waals surface area contributed by atoms with E-state index in [1.165, 1.54) is 0 Å². The van der Waals surface area contributed by atoms with Crippen molar-refractivity contribution >= 4 is 11.6 Å². The van der Waals surface area contributed by atoms with Crippen molar-refractivity contribution in [2.45, 2.75) is 45.4 Å². The van der Waals surface area contributed by atoms with E-state index in [2.05, 4.69) is 6.58 Å². The Kier molecular flexibility index (Phi) is 4.05. The van der Waals surface area contributed by atoms with Gasteiger partial charge in [0.05, 0.1) is 0 Å². The molecule has 0 heterocycles. The zero-order chi connectivity index (χ0) is 10.6. The van der Waals surface area contributed by atoms with Gasteiger partial charge in [0.25, 0.3) is 0 Å². The van der Waals surface area contributed by atoms with Crippen LogP contribution < -0.4 is 0 Å². The fraction of sp³-hybridized carbons (Fsp3) is 0.667. The second-order valence-electron chi connectivity index (χ2n) is 4.24. The van der Waals surface area contributed by atoms with E-state index in [4.69, 9.17) is 0 Å². The molecule has 1 rings (SSSR count). The second-order valence-corrected chi connectivity index (χ2v) is 4.24. The third-order valence-electron chi connectivity index (χ3n) is 2.84. The average Bonchev–Trinajstić information content (AvgIpc) is 2.14. The summed E-state index contributed by atoms with van der Waals surface area (Å²) in [7, 11) is 0. The minimum Gasteiger partial charge on any atom is -0.300 e. The zero-order valence-corrected chi connectivity index (χ0v) is 8.84. The van der Waals surface area contributed by atoms with Crippen LogP contribution in [0.15, 0.2) is 12.2 Å². The van der Waals surface area contributed by atoms with Gasteiger partial charge in [-0.05, 0) is 37.7 Å². The van der Waals surface area contributed by atoms with Crippen molar-refractivity contribution in [1.82, 2.24) is 0 Å². The van der Waals surface area contributed by atoms with Gasteiger partial charge in [-0.25, -0.2) is 0 Å². The van der Waals surface area contributed by atoms with E-state index < -0.39 is 0 Å². The topological polar surface area (TPSA) is 34.1 Å². The Morgan fingerprint density at radius 2 is 2.29 bits per heavy atom. The van der Waals surface area contributed by atoms with Gasteiger partial charge in [0.2, 0.25) is 0 Å². The molecule has 1 saturated carbocycles. The molecule has 0 bridgehead atoms. The lowest BCUT2D eigenvalue weighted by Gasteiger charge is -2.20. The monoisotopic (exact) mass is 194 g/mol. The van der Waals surface area contributed by atoms with Crippen LogP contribution in [-0.4, -0.2) is 11.6 Å². The van der Waals surface area contributed by atoms with Gasteiger partial charge in [-0.3, -0.25) is 9.59 Å². The Balaban J connectivity index is 2.27. The number of hydrogen-bond acceptors (Lipinski definition) is 2. The molecule has 78 valence electrons. The van der Waals surface area contributed by atoms with Crippen molar-refractivity contribution in [3.8, 4) is 0 Å². The van der Waals surface area contributed by atoms with E-state index in [1.807, 2.05) is 0 Å². The molecular formula is C12H18O2. The van der Waals surface area contributed by atoms with Crippen molar-refractivity contribution in [3.63, 3.8) is 0 Å². The van der Waals surface area contributed by atoms with Gasteiger partial charge in [0.15, 0.2) is 5.78 Å². The molecule has 0 aliphatic heterocycles. The van der Waals surface area contributed by atoms with Crippen LogP contribution in [0.1, 0.15) is 45.4 Å². The van der Waals surface area contributed by atoms with Gasteiger partial charge in [-0.15, -0.1) is 0 Å². The predicted octanol–water partition coefficient (Wildman–Crippen LogP) is 2.67. The quantitative estimate of drug-likeness (QED) is 0.645. The molecule has 0 radical (unpaired) electrons. The molecule has 0 amide bonds. The van der Waals surface area contributed by atoms with Crippen LogP contribution in [0, 0.1) is 5.92 Å². The van der Waals surface area contributed by atoms with Gasteiger partial charge in [-0.1, -0.05) is 6.58 Å². The number of allylic oxidation sites excluding steroid dienone is 1. The van der Waals surface area contributed by atoms with Crippen molar-refractivity contribution in [1.29, 1.82) is 0 Å². The first-order valence-electron chi connectivity index (χ1n) is 5.30. The number of carbonyl (C=O) groups excluding carboxylic acids is 2. The highest BCUT2D eigenvalue weighted by molar-refractivity contribution is 5.94. The van der Waals surface area contributed by atoms with E-state index in [0.717, 1.165) is 25.7 Å². The normalized spacial score (nSPS) is 22.1. The number of carbonyl (C=O) groups is 2. The smallest absolute Gasteiger partial charge is 0.157 e. The van der Waals surface area contributed by atoms with Crippen LogP contribution in [0.5, 0.6) is 0 Å². The second kappa shape index (κ2) is 5.08. The van der Waals surface area contributed by atoms with Crippen molar-refractivity contribution < 1.29 is 9.59 Å². The summed E-state index contributed by atoms with van der Waals surface area (Å²) in [5, 5.41) is 0. The van der Waals surface area contributed by atoms with Crippen LogP contribution in [-0.2, 0) is 9.59 Å². The van der Waals surface area contributed by atoms with Crippen LogP contribution in [0.3, 0.4) is 0 Å². The van der Waals surface area contributed by atoms with Gasteiger partial charge >= 0.3 is 0 Å². The highest BCUT2D eigenvalue weighted by Gasteiger charge is 2.19. The maximum Gasteiger partial charge on any atom is 0.157 e. The highest BCUT2D eigenvalue weighted by atomic mass is 16.1. The first kappa shape index (κ1) is 11.2. The lowest BCUT2D eigenvalue weighted by atomic mass is 9.84. The minimum atomic E-state index is 0.142. The van der Waals surface area contributed by atoms with Gasteiger partial charge < -0.3 is 0 Å². The molecule has 1 unspecified atom stereocenters. The van der Waals surface area contributed by atoms with Gasteiger partial charge in [-0.2, -0.15) is 0 Å². The molecule has 1 aliphatic carbocycles. The molecule has 0 aromatic heterocycles. The van der Waals surface area contributed by atoms with Gasteiger partial charge in [0.1, 0.15) is 5.78 Å². The Morgan fingerprint density at radius 3 is 2.86 bits per heavy atom. The minimum absolute atomic E-state index is 0.142. The molecule has 0 aromatic rings. The summed E-state index contributed by atoms with van der Waals surface area (Å²) < 4.78 is 0. The molecule has 2 nitrogen and oxygen atoms in total. The van der Waals surface area contributed by atoms with Crippen molar-refractivity contribution in [3.05, 3.63) is 12.2 Å². The van der Waals surface area contributed by atoms with E-state index in [9.17, 15) is 9.59 Å². The summed E-state index contributed by atoms with van der Waals surface area (Å²) in [5.74, 6) is 0.951. The Hall–Kier alpha value is -0.920. The molecule has 0 aromatic carbocycles. The summed E-state index contributed by atoms with van der Waals surface area (Å²) in [6, 6.07) is 0. The summed E-state index contributed by atoms with van der Waals surface area (Å²) >= 11 is 0. The Bertz CT molecular complexity index is 253.